The lowest BCUT2D eigenvalue weighted by Crippen LogP contribution is -2.21. The molecule has 27 heavy (non-hydrogen) atoms. The number of benzene rings is 2. The standard InChI is InChI=1S/C20H23BrN2O4/c1-5-10-27-18-16(21)11-14(12-17(18)26-4)19(24)22-15-8-6-13(7-9-15)20(25)23(2)3/h6-9,11-12H,5,10H2,1-4H3,(H,22,24). The molecule has 2 amide bonds. The van der Waals surface area contributed by atoms with Crippen LogP contribution in [0.5, 0.6) is 11.5 Å². The monoisotopic (exact) mass is 434 g/mol. The van der Waals surface area contributed by atoms with Gasteiger partial charge in [-0.05, 0) is 58.7 Å². The summed E-state index contributed by atoms with van der Waals surface area (Å²) in [6.07, 6.45) is 0.865. The van der Waals surface area contributed by atoms with Crippen LogP contribution in [0.1, 0.15) is 34.1 Å². The van der Waals surface area contributed by atoms with Crippen molar-refractivity contribution in [1.82, 2.24) is 4.90 Å². The Morgan fingerprint density at radius 3 is 2.33 bits per heavy atom. The molecule has 0 heterocycles. The van der Waals surface area contributed by atoms with Gasteiger partial charge in [-0.15, -0.1) is 0 Å². The molecular weight excluding hydrogens is 412 g/mol. The Morgan fingerprint density at radius 2 is 1.78 bits per heavy atom. The fourth-order valence-electron chi connectivity index (χ4n) is 2.35. The van der Waals surface area contributed by atoms with Crippen LogP contribution in [0.15, 0.2) is 40.9 Å². The summed E-state index contributed by atoms with van der Waals surface area (Å²) in [4.78, 5) is 26.0. The van der Waals surface area contributed by atoms with E-state index in [4.69, 9.17) is 9.47 Å². The van der Waals surface area contributed by atoms with Crippen LogP contribution in [0.25, 0.3) is 0 Å². The summed E-state index contributed by atoms with van der Waals surface area (Å²) in [6.45, 7) is 2.57. The Hall–Kier alpha value is -2.54. The Morgan fingerprint density at radius 1 is 1.11 bits per heavy atom. The van der Waals surface area contributed by atoms with Crippen molar-refractivity contribution in [3.8, 4) is 11.5 Å². The van der Waals surface area contributed by atoms with Crippen molar-refractivity contribution in [2.45, 2.75) is 13.3 Å². The summed E-state index contributed by atoms with van der Waals surface area (Å²) in [5.41, 5.74) is 1.58. The number of halogens is 1. The van der Waals surface area contributed by atoms with E-state index < -0.39 is 0 Å². The topological polar surface area (TPSA) is 67.9 Å². The van der Waals surface area contributed by atoms with E-state index in [0.29, 0.717) is 39.4 Å². The van der Waals surface area contributed by atoms with E-state index in [0.717, 1.165) is 6.42 Å². The molecule has 0 atom stereocenters. The molecule has 144 valence electrons. The van der Waals surface area contributed by atoms with Gasteiger partial charge >= 0.3 is 0 Å². The van der Waals surface area contributed by atoms with Gasteiger partial charge in [0.1, 0.15) is 0 Å². The highest BCUT2D eigenvalue weighted by Crippen LogP contribution is 2.37. The molecule has 0 aromatic heterocycles. The fourth-order valence-corrected chi connectivity index (χ4v) is 2.91. The molecular formula is C20H23BrN2O4. The van der Waals surface area contributed by atoms with E-state index in [9.17, 15) is 9.59 Å². The number of hydrogen-bond acceptors (Lipinski definition) is 4. The summed E-state index contributed by atoms with van der Waals surface area (Å²) < 4.78 is 11.7. The summed E-state index contributed by atoms with van der Waals surface area (Å²) >= 11 is 3.43. The molecule has 6 nitrogen and oxygen atoms in total. The van der Waals surface area contributed by atoms with E-state index in [1.807, 2.05) is 6.92 Å². The average Bonchev–Trinajstić information content (AvgIpc) is 2.66. The summed E-state index contributed by atoms with van der Waals surface area (Å²) in [5.74, 6) is 0.671. The number of hydrogen-bond donors (Lipinski definition) is 1. The van der Waals surface area contributed by atoms with Crippen LogP contribution in [-0.2, 0) is 0 Å². The van der Waals surface area contributed by atoms with Crippen molar-refractivity contribution < 1.29 is 19.1 Å². The number of nitrogens with one attached hydrogen (secondary N) is 1. The summed E-state index contributed by atoms with van der Waals surface area (Å²) in [7, 11) is 4.91. The minimum atomic E-state index is -0.289. The van der Waals surface area contributed by atoms with Gasteiger partial charge in [-0.1, -0.05) is 6.92 Å². The number of nitrogens with zero attached hydrogens (tertiary/aromatic N) is 1. The molecule has 2 rings (SSSR count). The Kier molecular flexibility index (Phi) is 7.24. The van der Waals surface area contributed by atoms with Gasteiger partial charge in [0.25, 0.3) is 11.8 Å². The van der Waals surface area contributed by atoms with E-state index >= 15 is 0 Å². The third-order valence-corrected chi connectivity index (χ3v) is 4.33. The normalized spacial score (nSPS) is 10.3. The highest BCUT2D eigenvalue weighted by Gasteiger charge is 2.16. The zero-order chi connectivity index (χ0) is 20.0. The van der Waals surface area contributed by atoms with Gasteiger partial charge in [0.05, 0.1) is 18.2 Å². The molecule has 2 aromatic rings. The molecule has 0 radical (unpaired) electrons. The number of ether oxygens (including phenoxy) is 2. The van der Waals surface area contributed by atoms with Crippen molar-refractivity contribution in [3.05, 3.63) is 52.0 Å². The largest absolute Gasteiger partial charge is 0.493 e. The average molecular weight is 435 g/mol. The van der Waals surface area contributed by atoms with E-state index in [2.05, 4.69) is 21.2 Å². The van der Waals surface area contributed by atoms with Gasteiger partial charge < -0.3 is 19.7 Å². The van der Waals surface area contributed by atoms with Crippen LogP contribution >= 0.6 is 15.9 Å². The molecule has 0 saturated carbocycles. The molecule has 0 aliphatic rings. The number of anilines is 1. The van der Waals surface area contributed by atoms with Gasteiger partial charge in [-0.3, -0.25) is 9.59 Å². The molecule has 0 bridgehead atoms. The zero-order valence-corrected chi connectivity index (χ0v) is 17.4. The zero-order valence-electron chi connectivity index (χ0n) is 15.8. The first-order chi connectivity index (χ1) is 12.9. The van der Waals surface area contributed by atoms with Crippen LogP contribution in [0.2, 0.25) is 0 Å². The third-order valence-electron chi connectivity index (χ3n) is 3.74. The minimum absolute atomic E-state index is 0.0933. The quantitative estimate of drug-likeness (QED) is 0.708. The van der Waals surface area contributed by atoms with E-state index in [-0.39, 0.29) is 11.8 Å². The minimum Gasteiger partial charge on any atom is -0.493 e. The molecule has 7 heteroatoms. The van der Waals surface area contributed by atoms with Crippen molar-refractivity contribution in [1.29, 1.82) is 0 Å². The lowest BCUT2D eigenvalue weighted by atomic mass is 10.1. The van der Waals surface area contributed by atoms with Crippen molar-refractivity contribution >= 4 is 33.4 Å². The SMILES string of the molecule is CCCOc1c(Br)cc(C(=O)Nc2ccc(C(=O)N(C)C)cc2)cc1OC. The molecule has 0 unspecified atom stereocenters. The molecule has 1 N–H and O–H groups in total. The second-order valence-corrected chi connectivity index (χ2v) is 6.92. The highest BCUT2D eigenvalue weighted by atomic mass is 79.9. The van der Waals surface area contributed by atoms with E-state index in [1.165, 1.54) is 12.0 Å². The Labute approximate surface area is 167 Å². The van der Waals surface area contributed by atoms with Crippen LogP contribution in [0.4, 0.5) is 5.69 Å². The molecule has 0 aliphatic carbocycles. The maximum atomic E-state index is 12.6. The molecule has 0 fully saturated rings. The number of amides is 2. The first-order valence-corrected chi connectivity index (χ1v) is 9.30. The molecule has 0 spiro atoms. The number of rotatable bonds is 7. The van der Waals surface area contributed by atoms with Crippen molar-refractivity contribution in [2.24, 2.45) is 0 Å². The van der Waals surface area contributed by atoms with Crippen LogP contribution in [0.3, 0.4) is 0 Å². The van der Waals surface area contributed by atoms with Gasteiger partial charge in [0.15, 0.2) is 11.5 Å². The number of methoxy groups -OCH3 is 1. The van der Waals surface area contributed by atoms with Crippen molar-refractivity contribution in [2.75, 3.05) is 33.1 Å². The first-order valence-electron chi connectivity index (χ1n) is 8.50. The third kappa shape index (κ3) is 5.23. The maximum Gasteiger partial charge on any atom is 0.255 e. The van der Waals surface area contributed by atoms with Gasteiger partial charge in [-0.25, -0.2) is 0 Å². The van der Waals surface area contributed by atoms with E-state index in [1.54, 1.807) is 50.5 Å². The maximum absolute atomic E-state index is 12.6. The predicted octanol–water partition coefficient (Wildman–Crippen LogP) is 4.20. The molecule has 2 aromatic carbocycles. The van der Waals surface area contributed by atoms with Crippen LogP contribution in [0, 0.1) is 0 Å². The predicted molar refractivity (Wildman–Crippen MR) is 109 cm³/mol. The highest BCUT2D eigenvalue weighted by molar-refractivity contribution is 9.10. The van der Waals surface area contributed by atoms with Gasteiger partial charge in [0, 0.05) is 30.9 Å². The summed E-state index contributed by atoms with van der Waals surface area (Å²) in [6, 6.07) is 10.1. The van der Waals surface area contributed by atoms with Gasteiger partial charge in [0.2, 0.25) is 0 Å². The molecule has 0 saturated heterocycles. The Balaban J connectivity index is 2.18. The van der Waals surface area contributed by atoms with Crippen LogP contribution in [-0.4, -0.2) is 44.5 Å². The second kappa shape index (κ2) is 9.41. The Bertz CT molecular complexity index is 819. The van der Waals surface area contributed by atoms with Crippen LogP contribution < -0.4 is 14.8 Å². The van der Waals surface area contributed by atoms with Gasteiger partial charge in [-0.2, -0.15) is 0 Å². The number of carbonyl (C=O) groups excluding carboxylic acids is 2. The first kappa shape index (κ1) is 20.8. The lowest BCUT2D eigenvalue weighted by Gasteiger charge is -2.14. The number of carbonyl (C=O) groups is 2. The summed E-state index contributed by atoms with van der Waals surface area (Å²) in [5, 5.41) is 2.81. The van der Waals surface area contributed by atoms with Crippen molar-refractivity contribution in [3.63, 3.8) is 0 Å². The second-order valence-electron chi connectivity index (χ2n) is 6.07. The molecule has 0 aliphatic heterocycles. The fraction of sp³-hybridized carbons (Fsp3) is 0.300. The smallest absolute Gasteiger partial charge is 0.255 e. The lowest BCUT2D eigenvalue weighted by molar-refractivity contribution is 0.0827.